The van der Waals surface area contributed by atoms with Gasteiger partial charge in [-0.15, -0.1) is 24.8 Å². The lowest BCUT2D eigenvalue weighted by Crippen LogP contribution is -2.47. The van der Waals surface area contributed by atoms with Gasteiger partial charge in [-0.1, -0.05) is 12.1 Å². The molecule has 0 spiro atoms. The van der Waals surface area contributed by atoms with E-state index < -0.39 is 6.10 Å². The van der Waals surface area contributed by atoms with Crippen LogP contribution in [0.5, 0.6) is 5.75 Å². The average molecular weight is 351 g/mol. The van der Waals surface area contributed by atoms with Crippen molar-refractivity contribution in [1.29, 1.82) is 0 Å². The summed E-state index contributed by atoms with van der Waals surface area (Å²) in [7, 11) is 2.14. The highest BCUT2D eigenvalue weighted by molar-refractivity contribution is 5.85. The van der Waals surface area contributed by atoms with Crippen molar-refractivity contribution in [2.45, 2.75) is 20.0 Å². The molecule has 1 aliphatic heterocycles. The summed E-state index contributed by atoms with van der Waals surface area (Å²) in [4.78, 5) is 4.62. The highest BCUT2D eigenvalue weighted by Crippen LogP contribution is 2.19. The van der Waals surface area contributed by atoms with Crippen molar-refractivity contribution < 1.29 is 9.84 Å². The van der Waals surface area contributed by atoms with E-state index in [2.05, 4.69) is 29.0 Å². The second-order valence-corrected chi connectivity index (χ2v) is 5.84. The number of β-amino-alcohol motifs (C(OH)–C–C–N with tert-alkyl or cyclic N) is 1. The quantitative estimate of drug-likeness (QED) is 0.882. The minimum Gasteiger partial charge on any atom is -0.491 e. The monoisotopic (exact) mass is 350 g/mol. The van der Waals surface area contributed by atoms with E-state index in [0.717, 1.165) is 37.5 Å². The van der Waals surface area contributed by atoms with Crippen LogP contribution in [0, 0.1) is 13.8 Å². The molecule has 22 heavy (non-hydrogen) atoms. The Bertz CT molecular complexity index is 438. The van der Waals surface area contributed by atoms with Crippen molar-refractivity contribution >= 4 is 24.8 Å². The van der Waals surface area contributed by atoms with E-state index in [-0.39, 0.29) is 24.8 Å². The molecule has 1 unspecified atom stereocenters. The van der Waals surface area contributed by atoms with Crippen LogP contribution in [-0.4, -0.2) is 67.4 Å². The zero-order valence-corrected chi connectivity index (χ0v) is 15.3. The first kappa shape index (κ1) is 21.5. The van der Waals surface area contributed by atoms with E-state index >= 15 is 0 Å². The predicted octanol–water partition coefficient (Wildman–Crippen LogP) is 2.13. The minimum atomic E-state index is -0.432. The van der Waals surface area contributed by atoms with Gasteiger partial charge in [0.25, 0.3) is 0 Å². The Kier molecular flexibility index (Phi) is 10.0. The zero-order chi connectivity index (χ0) is 14.5. The number of rotatable bonds is 5. The fourth-order valence-corrected chi connectivity index (χ4v) is 2.43. The Morgan fingerprint density at radius 2 is 1.77 bits per heavy atom. The largest absolute Gasteiger partial charge is 0.491 e. The van der Waals surface area contributed by atoms with Crippen molar-refractivity contribution in [2.75, 3.05) is 46.4 Å². The summed E-state index contributed by atoms with van der Waals surface area (Å²) in [6.07, 6.45) is -0.432. The molecule has 0 bridgehead atoms. The zero-order valence-electron chi connectivity index (χ0n) is 13.6. The summed E-state index contributed by atoms with van der Waals surface area (Å²) < 4.78 is 5.75. The topological polar surface area (TPSA) is 35.9 Å². The van der Waals surface area contributed by atoms with Gasteiger partial charge in [-0.05, 0) is 38.1 Å². The van der Waals surface area contributed by atoms with Gasteiger partial charge < -0.3 is 14.7 Å². The summed E-state index contributed by atoms with van der Waals surface area (Å²) >= 11 is 0. The maximum Gasteiger partial charge on any atom is 0.122 e. The lowest BCUT2D eigenvalue weighted by molar-refractivity contribution is 0.0503. The number of benzene rings is 1. The Hall–Kier alpha value is -0.520. The summed E-state index contributed by atoms with van der Waals surface area (Å²) in [5.41, 5.74) is 2.29. The number of aryl methyl sites for hydroxylation is 2. The molecule has 0 aromatic heterocycles. The number of nitrogens with zero attached hydrogens (tertiary/aromatic N) is 2. The van der Waals surface area contributed by atoms with Gasteiger partial charge in [-0.3, -0.25) is 4.90 Å². The smallest absolute Gasteiger partial charge is 0.122 e. The number of ether oxygens (including phenoxy) is 1. The average Bonchev–Trinajstić information content (AvgIpc) is 2.42. The molecule has 6 heteroatoms. The third kappa shape index (κ3) is 6.71. The van der Waals surface area contributed by atoms with Crippen LogP contribution in [0.1, 0.15) is 11.1 Å². The number of hydrogen-bond acceptors (Lipinski definition) is 4. The number of piperazine rings is 1. The predicted molar refractivity (Wildman–Crippen MR) is 95.9 cm³/mol. The number of halogens is 2. The Balaban J connectivity index is 0.00000220. The van der Waals surface area contributed by atoms with Gasteiger partial charge in [-0.25, -0.2) is 0 Å². The third-order valence-electron chi connectivity index (χ3n) is 3.84. The summed E-state index contributed by atoms with van der Waals surface area (Å²) in [5.74, 6) is 0.877. The minimum absolute atomic E-state index is 0. The van der Waals surface area contributed by atoms with Crippen molar-refractivity contribution in [2.24, 2.45) is 0 Å². The van der Waals surface area contributed by atoms with Crippen LogP contribution in [0.4, 0.5) is 0 Å². The van der Waals surface area contributed by atoms with Crippen LogP contribution in [0.3, 0.4) is 0 Å². The molecule has 1 aromatic carbocycles. The van der Waals surface area contributed by atoms with Gasteiger partial charge in [0, 0.05) is 32.7 Å². The fourth-order valence-electron chi connectivity index (χ4n) is 2.43. The normalized spacial score (nSPS) is 17.3. The van der Waals surface area contributed by atoms with E-state index in [1.807, 2.05) is 19.9 Å². The van der Waals surface area contributed by atoms with E-state index in [0.29, 0.717) is 13.2 Å². The van der Waals surface area contributed by atoms with E-state index in [1.54, 1.807) is 0 Å². The lowest BCUT2D eigenvalue weighted by atomic mass is 10.1. The molecule has 0 radical (unpaired) electrons. The van der Waals surface area contributed by atoms with Crippen molar-refractivity contribution in [1.82, 2.24) is 9.80 Å². The summed E-state index contributed by atoms with van der Waals surface area (Å²) in [6, 6.07) is 6.15. The molecule has 1 aliphatic rings. The first-order valence-corrected chi connectivity index (χ1v) is 7.33. The molecule has 1 N–H and O–H groups in total. The third-order valence-corrected chi connectivity index (χ3v) is 3.84. The Morgan fingerprint density at radius 1 is 1.14 bits per heavy atom. The van der Waals surface area contributed by atoms with Gasteiger partial charge in [0.1, 0.15) is 18.5 Å². The molecule has 2 rings (SSSR count). The van der Waals surface area contributed by atoms with Gasteiger partial charge in [-0.2, -0.15) is 0 Å². The van der Waals surface area contributed by atoms with Crippen LogP contribution in [0.2, 0.25) is 0 Å². The first-order valence-electron chi connectivity index (χ1n) is 7.33. The molecule has 1 atom stereocenters. The van der Waals surface area contributed by atoms with Crippen LogP contribution in [-0.2, 0) is 0 Å². The van der Waals surface area contributed by atoms with Crippen LogP contribution >= 0.6 is 24.8 Å². The molecular formula is C16H28Cl2N2O2. The highest BCUT2D eigenvalue weighted by atomic mass is 35.5. The molecule has 0 aliphatic carbocycles. The van der Waals surface area contributed by atoms with Gasteiger partial charge >= 0.3 is 0 Å². The highest BCUT2D eigenvalue weighted by Gasteiger charge is 2.17. The van der Waals surface area contributed by atoms with E-state index in [4.69, 9.17) is 4.74 Å². The SMILES string of the molecule is Cc1ccc(C)c(OCC(O)CN2CCN(C)CC2)c1.Cl.Cl. The molecule has 1 aromatic rings. The van der Waals surface area contributed by atoms with Crippen LogP contribution in [0.25, 0.3) is 0 Å². The first-order chi connectivity index (χ1) is 9.54. The molecule has 0 amide bonds. The summed E-state index contributed by atoms with van der Waals surface area (Å²) in [5, 5.41) is 10.1. The number of hydrogen-bond donors (Lipinski definition) is 1. The van der Waals surface area contributed by atoms with Crippen molar-refractivity contribution in [3.05, 3.63) is 29.3 Å². The molecule has 1 heterocycles. The number of likely N-dealkylation sites (N-methyl/N-ethyl adjacent to an activating group) is 1. The second-order valence-electron chi connectivity index (χ2n) is 5.84. The molecule has 128 valence electrons. The van der Waals surface area contributed by atoms with Gasteiger partial charge in [0.15, 0.2) is 0 Å². The number of aliphatic hydroxyl groups excluding tert-OH is 1. The molecule has 0 saturated carbocycles. The van der Waals surface area contributed by atoms with Crippen LogP contribution in [0.15, 0.2) is 18.2 Å². The Labute approximate surface area is 146 Å². The van der Waals surface area contributed by atoms with E-state index in [9.17, 15) is 5.11 Å². The lowest BCUT2D eigenvalue weighted by Gasteiger charge is -2.33. The summed E-state index contributed by atoms with van der Waals surface area (Å²) in [6.45, 7) is 9.33. The van der Waals surface area contributed by atoms with Gasteiger partial charge in [0.05, 0.1) is 0 Å². The number of aliphatic hydroxyl groups is 1. The molecule has 1 saturated heterocycles. The Morgan fingerprint density at radius 3 is 2.41 bits per heavy atom. The standard InChI is InChI=1S/C16H26N2O2.2ClH/c1-13-4-5-14(2)16(10-13)20-12-15(19)11-18-8-6-17(3)7-9-18;;/h4-5,10,15,19H,6-9,11-12H2,1-3H3;2*1H. The van der Waals surface area contributed by atoms with Crippen molar-refractivity contribution in [3.63, 3.8) is 0 Å². The molecule has 1 fully saturated rings. The van der Waals surface area contributed by atoms with Crippen molar-refractivity contribution in [3.8, 4) is 5.75 Å². The fraction of sp³-hybridized carbons (Fsp3) is 0.625. The van der Waals surface area contributed by atoms with E-state index in [1.165, 1.54) is 5.56 Å². The maximum atomic E-state index is 10.1. The van der Waals surface area contributed by atoms with Crippen LogP contribution < -0.4 is 4.74 Å². The molecule has 4 nitrogen and oxygen atoms in total. The maximum absolute atomic E-state index is 10.1. The second kappa shape index (κ2) is 10.3. The van der Waals surface area contributed by atoms with Gasteiger partial charge in [0.2, 0.25) is 0 Å². The molecular weight excluding hydrogens is 323 g/mol.